The van der Waals surface area contributed by atoms with Gasteiger partial charge in [0.25, 0.3) is 0 Å². The SMILES string of the molecule is Cc1noc(C)c1CC1=CC2CC(CC(N)=O)CCC2O1. The maximum absolute atomic E-state index is 11.1. The molecule has 1 aromatic heterocycles. The summed E-state index contributed by atoms with van der Waals surface area (Å²) in [5, 5.41) is 3.98. The van der Waals surface area contributed by atoms with Crippen LogP contribution >= 0.6 is 0 Å². The molecule has 0 spiro atoms. The summed E-state index contributed by atoms with van der Waals surface area (Å²) >= 11 is 0. The van der Waals surface area contributed by atoms with Gasteiger partial charge in [-0.05, 0) is 45.1 Å². The van der Waals surface area contributed by atoms with Crippen molar-refractivity contribution >= 4 is 5.91 Å². The maximum Gasteiger partial charge on any atom is 0.217 e. The largest absolute Gasteiger partial charge is 0.494 e. The van der Waals surface area contributed by atoms with E-state index in [2.05, 4.69) is 11.2 Å². The number of ether oxygens (including phenoxy) is 1. The lowest BCUT2D eigenvalue weighted by atomic mass is 9.78. The summed E-state index contributed by atoms with van der Waals surface area (Å²) in [6.07, 6.45) is 6.76. The summed E-state index contributed by atoms with van der Waals surface area (Å²) in [4.78, 5) is 11.1. The first kappa shape index (κ1) is 14.2. The van der Waals surface area contributed by atoms with Crippen LogP contribution in [0.1, 0.15) is 42.7 Å². The van der Waals surface area contributed by atoms with Crippen LogP contribution in [-0.2, 0) is 16.0 Å². The second-order valence-corrected chi connectivity index (χ2v) is 6.28. The molecule has 0 bridgehead atoms. The zero-order valence-corrected chi connectivity index (χ0v) is 12.6. The molecule has 21 heavy (non-hydrogen) atoms. The molecule has 1 fully saturated rings. The van der Waals surface area contributed by atoms with Crippen molar-refractivity contribution in [3.8, 4) is 0 Å². The van der Waals surface area contributed by atoms with Crippen molar-refractivity contribution in [1.82, 2.24) is 5.16 Å². The summed E-state index contributed by atoms with van der Waals surface area (Å²) in [7, 11) is 0. The van der Waals surface area contributed by atoms with E-state index in [1.807, 2.05) is 13.8 Å². The van der Waals surface area contributed by atoms with Crippen molar-refractivity contribution in [1.29, 1.82) is 0 Å². The molecule has 2 aliphatic rings. The highest BCUT2D eigenvalue weighted by Crippen LogP contribution is 2.40. The van der Waals surface area contributed by atoms with Gasteiger partial charge < -0.3 is 15.0 Å². The number of carbonyl (C=O) groups is 1. The third-order valence-corrected chi connectivity index (χ3v) is 4.67. The standard InChI is InChI=1S/C16H22N2O3/c1-9-14(10(2)21-18-9)8-13-7-12-5-11(6-16(17)19)3-4-15(12)20-13/h7,11-12,15H,3-6,8H2,1-2H3,(H2,17,19). The number of aryl methyl sites for hydroxylation is 2. The topological polar surface area (TPSA) is 78.4 Å². The Labute approximate surface area is 124 Å². The quantitative estimate of drug-likeness (QED) is 0.923. The van der Waals surface area contributed by atoms with Crippen LogP contribution in [0.3, 0.4) is 0 Å². The highest BCUT2D eigenvalue weighted by molar-refractivity contribution is 5.74. The van der Waals surface area contributed by atoms with E-state index >= 15 is 0 Å². The van der Waals surface area contributed by atoms with E-state index in [0.29, 0.717) is 18.3 Å². The third-order valence-electron chi connectivity index (χ3n) is 4.67. The normalized spacial score (nSPS) is 27.9. The molecule has 2 heterocycles. The van der Waals surface area contributed by atoms with Crippen LogP contribution in [0.5, 0.6) is 0 Å². The van der Waals surface area contributed by atoms with Crippen molar-refractivity contribution in [3.05, 3.63) is 28.9 Å². The number of rotatable bonds is 4. The van der Waals surface area contributed by atoms with Gasteiger partial charge in [-0.2, -0.15) is 0 Å². The minimum atomic E-state index is -0.197. The first-order chi connectivity index (χ1) is 10.0. The highest BCUT2D eigenvalue weighted by Gasteiger charge is 2.36. The molecule has 1 aliphatic carbocycles. The summed E-state index contributed by atoms with van der Waals surface area (Å²) in [6.45, 7) is 3.89. The van der Waals surface area contributed by atoms with E-state index in [0.717, 1.165) is 48.5 Å². The maximum atomic E-state index is 11.1. The van der Waals surface area contributed by atoms with Gasteiger partial charge >= 0.3 is 0 Å². The number of amides is 1. The fraction of sp³-hybridized carbons (Fsp3) is 0.625. The van der Waals surface area contributed by atoms with E-state index in [1.54, 1.807) is 0 Å². The minimum Gasteiger partial charge on any atom is -0.494 e. The third kappa shape index (κ3) is 2.96. The van der Waals surface area contributed by atoms with E-state index in [1.165, 1.54) is 0 Å². The first-order valence-corrected chi connectivity index (χ1v) is 7.60. The van der Waals surface area contributed by atoms with Gasteiger partial charge in [0, 0.05) is 24.3 Å². The molecular formula is C16H22N2O3. The second-order valence-electron chi connectivity index (χ2n) is 6.28. The molecule has 2 N–H and O–H groups in total. The number of fused-ring (bicyclic) bond motifs is 1. The fourth-order valence-corrected chi connectivity index (χ4v) is 3.56. The van der Waals surface area contributed by atoms with Crippen LogP contribution in [0.4, 0.5) is 0 Å². The number of hydrogen-bond acceptors (Lipinski definition) is 4. The molecule has 0 saturated heterocycles. The predicted molar refractivity (Wildman–Crippen MR) is 77.3 cm³/mol. The number of hydrogen-bond donors (Lipinski definition) is 1. The van der Waals surface area contributed by atoms with Gasteiger partial charge in [0.15, 0.2) is 0 Å². The van der Waals surface area contributed by atoms with E-state index < -0.39 is 0 Å². The molecule has 5 heteroatoms. The number of carbonyl (C=O) groups excluding carboxylic acids is 1. The number of allylic oxidation sites excluding steroid dienone is 1. The van der Waals surface area contributed by atoms with E-state index in [9.17, 15) is 4.79 Å². The highest BCUT2D eigenvalue weighted by atomic mass is 16.5. The lowest BCUT2D eigenvalue weighted by Gasteiger charge is -2.30. The van der Waals surface area contributed by atoms with Crippen molar-refractivity contribution in [2.24, 2.45) is 17.6 Å². The fourth-order valence-electron chi connectivity index (χ4n) is 3.56. The summed E-state index contributed by atoms with van der Waals surface area (Å²) in [5.41, 5.74) is 7.36. The molecule has 0 aromatic carbocycles. The number of primary amides is 1. The lowest BCUT2D eigenvalue weighted by molar-refractivity contribution is -0.119. The Morgan fingerprint density at radius 2 is 2.24 bits per heavy atom. The molecule has 1 saturated carbocycles. The Morgan fingerprint density at radius 3 is 2.90 bits per heavy atom. The number of nitrogens with two attached hydrogens (primary N) is 1. The number of nitrogens with zero attached hydrogens (tertiary/aromatic N) is 1. The van der Waals surface area contributed by atoms with Crippen LogP contribution in [0.2, 0.25) is 0 Å². The number of aromatic nitrogens is 1. The Bertz CT molecular complexity index is 557. The van der Waals surface area contributed by atoms with Crippen molar-refractivity contribution < 1.29 is 14.1 Å². The second kappa shape index (κ2) is 5.54. The molecule has 3 unspecified atom stereocenters. The van der Waals surface area contributed by atoms with Gasteiger partial charge in [-0.1, -0.05) is 5.16 Å². The van der Waals surface area contributed by atoms with Gasteiger partial charge in [0.05, 0.1) is 11.5 Å². The zero-order valence-electron chi connectivity index (χ0n) is 12.6. The van der Waals surface area contributed by atoms with E-state index in [-0.39, 0.29) is 12.0 Å². The summed E-state index contributed by atoms with van der Waals surface area (Å²) in [5.74, 6) is 2.50. The smallest absolute Gasteiger partial charge is 0.217 e. The van der Waals surface area contributed by atoms with Gasteiger partial charge in [-0.25, -0.2) is 0 Å². The van der Waals surface area contributed by atoms with Gasteiger partial charge in [-0.15, -0.1) is 0 Å². The lowest BCUT2D eigenvalue weighted by Crippen LogP contribution is -2.28. The summed E-state index contributed by atoms with van der Waals surface area (Å²) in [6, 6.07) is 0. The van der Waals surface area contributed by atoms with Gasteiger partial charge in [0.1, 0.15) is 11.9 Å². The molecule has 3 atom stereocenters. The van der Waals surface area contributed by atoms with Crippen LogP contribution in [0, 0.1) is 25.7 Å². The van der Waals surface area contributed by atoms with Gasteiger partial charge in [-0.3, -0.25) is 4.79 Å². The Hall–Kier alpha value is -1.78. The Balaban J connectivity index is 1.66. The molecule has 1 aliphatic heterocycles. The Morgan fingerprint density at radius 1 is 1.43 bits per heavy atom. The molecular weight excluding hydrogens is 268 g/mol. The van der Waals surface area contributed by atoms with Crippen molar-refractivity contribution in [2.75, 3.05) is 0 Å². The predicted octanol–water partition coefficient (Wildman–Crippen LogP) is 2.41. The van der Waals surface area contributed by atoms with Crippen molar-refractivity contribution in [2.45, 2.75) is 52.1 Å². The Kier molecular flexibility index (Phi) is 3.74. The molecule has 5 nitrogen and oxygen atoms in total. The average Bonchev–Trinajstić information content (AvgIpc) is 2.95. The molecule has 1 aromatic rings. The monoisotopic (exact) mass is 290 g/mol. The van der Waals surface area contributed by atoms with E-state index in [4.69, 9.17) is 15.0 Å². The zero-order chi connectivity index (χ0) is 15.0. The summed E-state index contributed by atoms with van der Waals surface area (Å²) < 4.78 is 11.3. The van der Waals surface area contributed by atoms with Crippen LogP contribution in [0.15, 0.2) is 16.4 Å². The van der Waals surface area contributed by atoms with Crippen LogP contribution in [0.25, 0.3) is 0 Å². The average molecular weight is 290 g/mol. The molecule has 1 amide bonds. The molecule has 0 radical (unpaired) electrons. The first-order valence-electron chi connectivity index (χ1n) is 7.60. The van der Waals surface area contributed by atoms with Crippen LogP contribution in [-0.4, -0.2) is 17.2 Å². The van der Waals surface area contributed by atoms with Gasteiger partial charge in [0.2, 0.25) is 5.91 Å². The minimum absolute atomic E-state index is 0.197. The van der Waals surface area contributed by atoms with Crippen LogP contribution < -0.4 is 5.73 Å². The molecule has 3 rings (SSSR count). The molecule has 114 valence electrons. The van der Waals surface area contributed by atoms with Crippen molar-refractivity contribution in [3.63, 3.8) is 0 Å².